The highest BCUT2D eigenvalue weighted by molar-refractivity contribution is 6.31. The number of ketones is 1. The fourth-order valence-electron chi connectivity index (χ4n) is 2.48. The van der Waals surface area contributed by atoms with Gasteiger partial charge in [-0.1, -0.05) is 25.4 Å². The Bertz CT molecular complexity index is 794. The molecule has 6 heteroatoms. The molecule has 0 atom stereocenters. The molecule has 0 saturated heterocycles. The van der Waals surface area contributed by atoms with Crippen molar-refractivity contribution in [3.05, 3.63) is 46.2 Å². The van der Waals surface area contributed by atoms with E-state index < -0.39 is 0 Å². The zero-order valence-electron chi connectivity index (χ0n) is 15.2. The number of aryl methyl sites for hydroxylation is 1. The number of benzene rings is 1. The monoisotopic (exact) mass is 362 g/mol. The Morgan fingerprint density at radius 2 is 2.04 bits per heavy atom. The number of methoxy groups -OCH3 is 2. The van der Waals surface area contributed by atoms with Gasteiger partial charge in [0.15, 0.2) is 5.78 Å². The van der Waals surface area contributed by atoms with Gasteiger partial charge in [0.05, 0.1) is 25.5 Å². The minimum atomic E-state index is -0.192. The Hall–Kier alpha value is -2.27. The number of halogens is 1. The quantitative estimate of drug-likeness (QED) is 0.540. The fraction of sp³-hybridized carbons (Fsp3) is 0.368. The maximum absolute atomic E-state index is 12.6. The van der Waals surface area contributed by atoms with Crippen LogP contribution < -0.4 is 9.47 Å². The van der Waals surface area contributed by atoms with E-state index in [1.54, 1.807) is 36.1 Å². The van der Waals surface area contributed by atoms with Gasteiger partial charge in [0, 0.05) is 12.1 Å². The van der Waals surface area contributed by atoms with Crippen LogP contribution in [0.1, 0.15) is 35.5 Å². The number of nitrogens with zero attached hydrogens (tertiary/aromatic N) is 2. The Balaban J connectivity index is 2.31. The van der Waals surface area contributed by atoms with Gasteiger partial charge in [-0.2, -0.15) is 5.10 Å². The van der Waals surface area contributed by atoms with E-state index in [0.717, 1.165) is 17.8 Å². The van der Waals surface area contributed by atoms with Crippen LogP contribution in [-0.2, 0) is 6.54 Å². The molecule has 0 bridgehead atoms. The van der Waals surface area contributed by atoms with Crippen molar-refractivity contribution in [1.29, 1.82) is 0 Å². The number of hydrogen-bond donors (Lipinski definition) is 0. The van der Waals surface area contributed by atoms with Crippen molar-refractivity contribution in [1.82, 2.24) is 9.78 Å². The predicted octanol–water partition coefficient (Wildman–Crippen LogP) is 4.41. The summed E-state index contributed by atoms with van der Waals surface area (Å²) >= 11 is 6.40. The zero-order chi connectivity index (χ0) is 18.6. The molecule has 0 radical (unpaired) electrons. The maximum Gasteiger partial charge on any atom is 0.189 e. The lowest BCUT2D eigenvalue weighted by Gasteiger charge is -2.08. The van der Waals surface area contributed by atoms with E-state index in [2.05, 4.69) is 18.9 Å². The summed E-state index contributed by atoms with van der Waals surface area (Å²) < 4.78 is 12.2. The minimum Gasteiger partial charge on any atom is -0.497 e. The van der Waals surface area contributed by atoms with Gasteiger partial charge in [0.25, 0.3) is 0 Å². The number of rotatable bonds is 7. The molecule has 0 N–H and O–H groups in total. The number of ether oxygens (including phenoxy) is 2. The second kappa shape index (κ2) is 8.21. The van der Waals surface area contributed by atoms with Crippen LogP contribution >= 0.6 is 11.6 Å². The molecule has 134 valence electrons. The van der Waals surface area contributed by atoms with Crippen molar-refractivity contribution in [3.8, 4) is 11.5 Å². The molecular formula is C19H23ClN2O3. The van der Waals surface area contributed by atoms with Gasteiger partial charge < -0.3 is 9.47 Å². The topological polar surface area (TPSA) is 53.4 Å². The van der Waals surface area contributed by atoms with E-state index >= 15 is 0 Å². The Morgan fingerprint density at radius 1 is 1.32 bits per heavy atom. The lowest BCUT2D eigenvalue weighted by molar-refractivity contribution is 0.104. The molecule has 1 aromatic heterocycles. The first-order valence-electron chi connectivity index (χ1n) is 8.04. The van der Waals surface area contributed by atoms with Gasteiger partial charge in [0.2, 0.25) is 0 Å². The molecule has 2 aromatic rings. The number of allylic oxidation sites excluding steroid dienone is 1. The van der Waals surface area contributed by atoms with E-state index in [1.807, 2.05) is 6.92 Å². The van der Waals surface area contributed by atoms with E-state index in [4.69, 9.17) is 21.1 Å². The van der Waals surface area contributed by atoms with Gasteiger partial charge in [-0.3, -0.25) is 9.48 Å². The largest absolute Gasteiger partial charge is 0.497 e. The number of hydrogen-bond acceptors (Lipinski definition) is 4. The fourth-order valence-corrected chi connectivity index (χ4v) is 2.79. The summed E-state index contributed by atoms with van der Waals surface area (Å²) in [6.07, 6.45) is 3.18. The van der Waals surface area contributed by atoms with Crippen molar-refractivity contribution in [2.24, 2.45) is 5.92 Å². The molecule has 0 amide bonds. The highest BCUT2D eigenvalue weighted by Gasteiger charge is 2.14. The smallest absolute Gasteiger partial charge is 0.189 e. The van der Waals surface area contributed by atoms with Crippen LogP contribution in [0.2, 0.25) is 5.15 Å². The summed E-state index contributed by atoms with van der Waals surface area (Å²) in [5.74, 6) is 1.32. The highest BCUT2D eigenvalue weighted by atomic mass is 35.5. The minimum absolute atomic E-state index is 0.192. The number of carbonyl (C=O) groups is 1. The van der Waals surface area contributed by atoms with Gasteiger partial charge in [-0.05, 0) is 43.2 Å². The van der Waals surface area contributed by atoms with Crippen LogP contribution in [0.25, 0.3) is 6.08 Å². The third-order valence-corrected chi connectivity index (χ3v) is 4.12. The highest BCUT2D eigenvalue weighted by Crippen LogP contribution is 2.26. The van der Waals surface area contributed by atoms with Gasteiger partial charge in [0.1, 0.15) is 16.7 Å². The normalized spacial score (nSPS) is 11.3. The summed E-state index contributed by atoms with van der Waals surface area (Å²) in [6.45, 7) is 6.80. The molecule has 0 unspecified atom stereocenters. The van der Waals surface area contributed by atoms with E-state index in [9.17, 15) is 4.79 Å². The molecular weight excluding hydrogens is 340 g/mol. The predicted molar refractivity (Wildman–Crippen MR) is 99.7 cm³/mol. The van der Waals surface area contributed by atoms with Crippen LogP contribution in [0, 0.1) is 12.8 Å². The number of carbonyl (C=O) groups excluding carboxylic acids is 1. The standard InChI is InChI=1S/C19H23ClN2O3/c1-12(2)11-22-19(20)15(13(3)21-22)7-8-17(23)16-10-14(24-4)6-9-18(16)25-5/h6-10,12H,11H2,1-5H3/b8-7+. The maximum atomic E-state index is 12.6. The molecule has 1 aromatic carbocycles. The molecule has 0 aliphatic rings. The van der Waals surface area contributed by atoms with E-state index in [1.165, 1.54) is 13.2 Å². The van der Waals surface area contributed by atoms with Crippen molar-refractivity contribution in [2.45, 2.75) is 27.3 Å². The second-order valence-corrected chi connectivity index (χ2v) is 6.49. The van der Waals surface area contributed by atoms with Crippen molar-refractivity contribution < 1.29 is 14.3 Å². The second-order valence-electron chi connectivity index (χ2n) is 6.13. The molecule has 25 heavy (non-hydrogen) atoms. The third kappa shape index (κ3) is 4.42. The van der Waals surface area contributed by atoms with Crippen LogP contribution in [0.4, 0.5) is 0 Å². The average Bonchev–Trinajstić information content (AvgIpc) is 2.85. The molecule has 1 heterocycles. The summed E-state index contributed by atoms with van der Waals surface area (Å²) in [6, 6.07) is 5.11. The van der Waals surface area contributed by atoms with E-state index in [0.29, 0.717) is 28.1 Å². The summed E-state index contributed by atoms with van der Waals surface area (Å²) in [4.78, 5) is 12.6. The Morgan fingerprint density at radius 3 is 2.64 bits per heavy atom. The van der Waals surface area contributed by atoms with Crippen LogP contribution in [0.15, 0.2) is 24.3 Å². The molecule has 0 aliphatic carbocycles. The summed E-state index contributed by atoms with van der Waals surface area (Å²) in [5.41, 5.74) is 1.96. The Labute approximate surface area is 153 Å². The van der Waals surface area contributed by atoms with Crippen LogP contribution in [0.3, 0.4) is 0 Å². The van der Waals surface area contributed by atoms with Gasteiger partial charge >= 0.3 is 0 Å². The SMILES string of the molecule is COc1ccc(OC)c(C(=O)/C=C/c2c(C)nn(CC(C)C)c2Cl)c1. The van der Waals surface area contributed by atoms with Gasteiger partial charge in [-0.15, -0.1) is 0 Å². The third-order valence-electron chi connectivity index (χ3n) is 3.72. The van der Waals surface area contributed by atoms with Crippen LogP contribution in [-0.4, -0.2) is 29.8 Å². The van der Waals surface area contributed by atoms with Crippen molar-refractivity contribution in [3.63, 3.8) is 0 Å². The zero-order valence-corrected chi connectivity index (χ0v) is 15.9. The Kier molecular flexibility index (Phi) is 6.26. The van der Waals surface area contributed by atoms with E-state index in [-0.39, 0.29) is 5.78 Å². The summed E-state index contributed by atoms with van der Waals surface area (Å²) in [5, 5.41) is 4.97. The van der Waals surface area contributed by atoms with Gasteiger partial charge in [-0.25, -0.2) is 0 Å². The first-order chi connectivity index (χ1) is 11.9. The average molecular weight is 363 g/mol. The van der Waals surface area contributed by atoms with Crippen LogP contribution in [0.5, 0.6) is 11.5 Å². The lowest BCUT2D eigenvalue weighted by Crippen LogP contribution is -2.06. The molecule has 2 rings (SSSR count). The molecule has 0 saturated carbocycles. The first kappa shape index (κ1) is 19.1. The number of aromatic nitrogens is 2. The molecule has 0 aliphatic heterocycles. The lowest BCUT2D eigenvalue weighted by atomic mass is 10.1. The summed E-state index contributed by atoms with van der Waals surface area (Å²) in [7, 11) is 3.08. The van der Waals surface area contributed by atoms with Crippen molar-refractivity contribution >= 4 is 23.5 Å². The molecule has 0 spiro atoms. The van der Waals surface area contributed by atoms with Crippen molar-refractivity contribution in [2.75, 3.05) is 14.2 Å². The molecule has 0 fully saturated rings. The molecule has 5 nitrogen and oxygen atoms in total. The first-order valence-corrected chi connectivity index (χ1v) is 8.42.